The van der Waals surface area contributed by atoms with Crippen LogP contribution < -0.4 is 32.4 Å². The summed E-state index contributed by atoms with van der Waals surface area (Å²) in [5.74, 6) is 2.90. The molecule has 4 rings (SSSR count). The summed E-state index contributed by atoms with van der Waals surface area (Å²) in [5, 5.41) is 0. The Labute approximate surface area is 267 Å². The standard InChI is InChI=1S/C15H20N4O2S.C15H20N4OS.CH4/c1-8(2)10-5-9(3)11(21-4)6-12(10)22(20)13-7-18-15(17)19-14(13)16;1-8(2)10-5-9(3)11(20-4)6-12(10)21-13-7-18-15(17)19-14(13)16;/h5-8H,1-4H3,(H4,16,17,18,19);5-8H,1-4H3,(H4,16,17,18,19);1H4. The zero-order chi connectivity index (χ0) is 32.0. The highest BCUT2D eigenvalue weighted by atomic mass is 32.2. The van der Waals surface area contributed by atoms with Crippen molar-refractivity contribution in [2.45, 2.75) is 80.4 Å². The summed E-state index contributed by atoms with van der Waals surface area (Å²) in [7, 11) is 1.76. The SMILES string of the molecule is C.COc1cc(S(=O)c2cnc(N)nc2N)c(C(C)C)cc1C.COc1cc(Sc2cnc(N)nc2N)c(C(C)C)cc1C. The summed E-state index contributed by atoms with van der Waals surface area (Å²) in [4.78, 5) is 18.6. The second-order valence-corrected chi connectivity index (χ2v) is 12.9. The van der Waals surface area contributed by atoms with Crippen LogP contribution in [0, 0.1) is 13.8 Å². The van der Waals surface area contributed by atoms with Crippen molar-refractivity contribution in [2.24, 2.45) is 0 Å². The third kappa shape index (κ3) is 8.50. The number of benzene rings is 2. The lowest BCUT2D eigenvalue weighted by Crippen LogP contribution is -2.08. The number of rotatable bonds is 8. The minimum Gasteiger partial charge on any atom is -0.496 e. The van der Waals surface area contributed by atoms with Gasteiger partial charge < -0.3 is 32.4 Å². The van der Waals surface area contributed by atoms with E-state index in [1.165, 1.54) is 23.5 Å². The van der Waals surface area contributed by atoms with Crippen molar-refractivity contribution in [1.29, 1.82) is 0 Å². The number of methoxy groups -OCH3 is 2. The zero-order valence-electron chi connectivity index (χ0n) is 25.8. The smallest absolute Gasteiger partial charge is 0.221 e. The number of hydrogen-bond acceptors (Lipinski definition) is 12. The highest BCUT2D eigenvalue weighted by Crippen LogP contribution is 2.39. The molecule has 0 fully saturated rings. The molecule has 238 valence electrons. The second kappa shape index (κ2) is 15.6. The Morgan fingerprint density at radius 3 is 1.70 bits per heavy atom. The number of ether oxygens (including phenoxy) is 2. The molecule has 11 nitrogen and oxygen atoms in total. The van der Waals surface area contributed by atoms with E-state index in [1.807, 2.05) is 39.8 Å². The fourth-order valence-electron chi connectivity index (χ4n) is 4.23. The average Bonchev–Trinajstić information content (AvgIpc) is 2.94. The Bertz CT molecular complexity index is 1630. The van der Waals surface area contributed by atoms with E-state index in [4.69, 9.17) is 32.4 Å². The van der Waals surface area contributed by atoms with Crippen LogP contribution in [0.1, 0.15) is 69.2 Å². The van der Waals surface area contributed by atoms with Crippen LogP contribution in [-0.4, -0.2) is 38.4 Å². The molecule has 2 heterocycles. The fourth-order valence-corrected chi connectivity index (χ4v) is 6.64. The van der Waals surface area contributed by atoms with E-state index in [9.17, 15) is 4.21 Å². The van der Waals surface area contributed by atoms with Crippen molar-refractivity contribution in [1.82, 2.24) is 19.9 Å². The van der Waals surface area contributed by atoms with Gasteiger partial charge in [-0.1, -0.05) is 59.0 Å². The lowest BCUT2D eigenvalue weighted by atomic mass is 10.0. The largest absolute Gasteiger partial charge is 0.496 e. The first kappa shape index (κ1) is 36.1. The Morgan fingerprint density at radius 2 is 1.20 bits per heavy atom. The molecule has 0 aliphatic carbocycles. The van der Waals surface area contributed by atoms with Crippen molar-refractivity contribution in [3.05, 3.63) is 58.9 Å². The molecule has 0 amide bonds. The lowest BCUT2D eigenvalue weighted by molar-refractivity contribution is 0.410. The summed E-state index contributed by atoms with van der Waals surface area (Å²) < 4.78 is 23.7. The summed E-state index contributed by atoms with van der Waals surface area (Å²) in [6, 6.07) is 7.97. The van der Waals surface area contributed by atoms with Gasteiger partial charge in [0.25, 0.3) is 0 Å². The molecule has 1 atom stereocenters. The summed E-state index contributed by atoms with van der Waals surface area (Å²) in [6.45, 7) is 12.4. The molecule has 0 aliphatic rings. The Morgan fingerprint density at radius 1 is 0.705 bits per heavy atom. The minimum atomic E-state index is -1.50. The monoisotopic (exact) mass is 640 g/mol. The number of nitrogen functional groups attached to an aromatic ring is 4. The lowest BCUT2D eigenvalue weighted by Gasteiger charge is -2.16. The average molecular weight is 641 g/mol. The quantitative estimate of drug-likeness (QED) is 0.173. The van der Waals surface area contributed by atoms with Gasteiger partial charge in [-0.15, -0.1) is 0 Å². The van der Waals surface area contributed by atoms with Crippen molar-refractivity contribution in [3.63, 3.8) is 0 Å². The van der Waals surface area contributed by atoms with Gasteiger partial charge in [0.15, 0.2) is 0 Å². The summed E-state index contributed by atoms with van der Waals surface area (Å²) >= 11 is 1.53. The second-order valence-electron chi connectivity index (χ2n) is 10.4. The van der Waals surface area contributed by atoms with Crippen LogP contribution in [-0.2, 0) is 10.8 Å². The first-order valence-electron chi connectivity index (χ1n) is 13.5. The van der Waals surface area contributed by atoms with Crippen LogP contribution in [0.4, 0.5) is 23.5 Å². The van der Waals surface area contributed by atoms with E-state index in [0.717, 1.165) is 32.2 Å². The molecule has 4 aromatic rings. The highest BCUT2D eigenvalue weighted by Gasteiger charge is 2.20. The Hall–Kier alpha value is -4.10. The topological polar surface area (TPSA) is 191 Å². The molecular weight excluding hydrogens is 597 g/mol. The molecule has 1 unspecified atom stereocenters. The molecule has 2 aromatic heterocycles. The predicted octanol–water partition coefficient (Wildman–Crippen LogP) is 6.12. The minimum absolute atomic E-state index is 0. The number of aromatic nitrogens is 4. The molecule has 2 aromatic carbocycles. The van der Waals surface area contributed by atoms with E-state index in [2.05, 4.69) is 39.8 Å². The molecule has 0 saturated heterocycles. The van der Waals surface area contributed by atoms with Crippen molar-refractivity contribution >= 4 is 46.1 Å². The number of nitrogens with two attached hydrogens (primary N) is 4. The van der Waals surface area contributed by atoms with E-state index in [-0.39, 0.29) is 31.1 Å². The maximum absolute atomic E-state index is 12.9. The van der Waals surface area contributed by atoms with E-state index in [1.54, 1.807) is 26.5 Å². The molecule has 44 heavy (non-hydrogen) atoms. The fraction of sp³-hybridized carbons (Fsp3) is 0.355. The van der Waals surface area contributed by atoms with E-state index < -0.39 is 10.8 Å². The van der Waals surface area contributed by atoms with Crippen molar-refractivity contribution in [2.75, 3.05) is 37.2 Å². The maximum Gasteiger partial charge on any atom is 0.221 e. The van der Waals surface area contributed by atoms with Gasteiger partial charge >= 0.3 is 0 Å². The van der Waals surface area contributed by atoms with E-state index in [0.29, 0.717) is 27.3 Å². The maximum atomic E-state index is 12.9. The van der Waals surface area contributed by atoms with Gasteiger partial charge in [-0.3, -0.25) is 0 Å². The molecule has 0 saturated carbocycles. The first-order chi connectivity index (χ1) is 20.3. The summed E-state index contributed by atoms with van der Waals surface area (Å²) in [5.41, 5.74) is 27.1. The number of anilines is 4. The summed E-state index contributed by atoms with van der Waals surface area (Å²) in [6.07, 6.45) is 3.06. The van der Waals surface area contributed by atoms with Gasteiger partial charge in [0.2, 0.25) is 11.9 Å². The Kier molecular flexibility index (Phi) is 12.8. The normalized spacial score (nSPS) is 11.4. The van der Waals surface area contributed by atoms with E-state index >= 15 is 0 Å². The van der Waals surface area contributed by atoms with Gasteiger partial charge in [-0.05, 0) is 60.1 Å². The van der Waals surface area contributed by atoms with Crippen LogP contribution in [0.3, 0.4) is 0 Å². The third-order valence-electron chi connectivity index (χ3n) is 6.52. The molecule has 0 aliphatic heterocycles. The molecule has 0 radical (unpaired) electrons. The Balaban J connectivity index is 0.000000300. The molecular formula is C31H44N8O3S2. The van der Waals surface area contributed by atoms with Gasteiger partial charge in [-0.2, -0.15) is 9.97 Å². The van der Waals surface area contributed by atoms with Crippen LogP contribution in [0.15, 0.2) is 56.2 Å². The molecule has 13 heteroatoms. The number of hydrogen-bond donors (Lipinski definition) is 4. The van der Waals surface area contributed by atoms with Gasteiger partial charge in [0.05, 0.1) is 41.0 Å². The van der Waals surface area contributed by atoms with Crippen LogP contribution in [0.5, 0.6) is 11.5 Å². The molecule has 0 bridgehead atoms. The molecule has 0 spiro atoms. The first-order valence-corrected chi connectivity index (χ1v) is 15.5. The molecule has 8 N–H and O–H groups in total. The van der Waals surface area contributed by atoms with Gasteiger partial charge in [0.1, 0.15) is 28.0 Å². The number of nitrogens with zero attached hydrogens (tertiary/aromatic N) is 4. The van der Waals surface area contributed by atoms with Gasteiger partial charge in [-0.25, -0.2) is 14.2 Å². The zero-order valence-corrected chi connectivity index (χ0v) is 27.4. The third-order valence-corrected chi connectivity index (χ3v) is 9.10. The van der Waals surface area contributed by atoms with Gasteiger partial charge in [0, 0.05) is 11.1 Å². The predicted molar refractivity (Wildman–Crippen MR) is 181 cm³/mol. The van der Waals surface area contributed by atoms with Crippen LogP contribution >= 0.6 is 11.8 Å². The van der Waals surface area contributed by atoms with Crippen LogP contribution in [0.2, 0.25) is 0 Å². The van der Waals surface area contributed by atoms with Crippen LogP contribution in [0.25, 0.3) is 0 Å². The highest BCUT2D eigenvalue weighted by molar-refractivity contribution is 7.99. The van der Waals surface area contributed by atoms with Crippen molar-refractivity contribution in [3.8, 4) is 11.5 Å². The van der Waals surface area contributed by atoms with Crippen molar-refractivity contribution < 1.29 is 13.7 Å². The number of aryl methyl sites for hydroxylation is 2.